The molecular weight excluding hydrogens is 962 g/mol. The molecule has 1 aliphatic rings. The second kappa shape index (κ2) is 21.9. The Kier molecular flexibility index (Phi) is 18.4. The van der Waals surface area contributed by atoms with Crippen LogP contribution >= 0.6 is 54.6 Å². The molecule has 68 heavy (non-hydrogen) atoms. The number of phenolic OH excluding ortho intramolecular Hbond substituents is 3. The molecular formula is C51H70NO11PS4. The van der Waals surface area contributed by atoms with Crippen LogP contribution in [0.4, 0.5) is 0 Å². The second-order valence-corrected chi connectivity index (χ2v) is 27.9. The Balaban J connectivity index is 0.00000157. The summed E-state index contributed by atoms with van der Waals surface area (Å²) in [5.74, 6) is -2.74. The van der Waals surface area contributed by atoms with Crippen molar-refractivity contribution in [1.29, 1.82) is 0 Å². The second-order valence-electron chi connectivity index (χ2n) is 21.0. The predicted molar refractivity (Wildman–Crippen MR) is 276 cm³/mol. The van der Waals surface area contributed by atoms with Crippen LogP contribution in [0.2, 0.25) is 0 Å². The number of carboxylic acid groups (broad SMARTS) is 2. The lowest BCUT2D eigenvalue weighted by molar-refractivity contribution is -0.159. The monoisotopic (exact) mass is 1030 g/mol. The number of aromatic hydroxyl groups is 3. The highest BCUT2D eigenvalue weighted by Crippen LogP contribution is 2.59. The number of rotatable bonds is 10. The smallest absolute Gasteiger partial charge is 0.414 e. The molecule has 12 nitrogen and oxygen atoms in total. The summed E-state index contributed by atoms with van der Waals surface area (Å²) in [7, 11) is -3.52. The predicted octanol–water partition coefficient (Wildman–Crippen LogP) is 14.0. The van der Waals surface area contributed by atoms with Crippen LogP contribution < -0.4 is 10.1 Å². The van der Waals surface area contributed by atoms with E-state index in [-0.39, 0.29) is 58.7 Å². The van der Waals surface area contributed by atoms with E-state index >= 15 is 0 Å². The van der Waals surface area contributed by atoms with Crippen LogP contribution in [0.1, 0.15) is 133 Å². The molecule has 4 aromatic rings. The SMILES string of the molecule is CCOP(=O)(OCC)C(C)(C)NCCOc1c2cc(C(C)(C)C)cc1Sc1cc(C(C)(C)C)cc(c1O)Sc1cc(C(C)(C)C)cc(c1O)Sc1cc(C(C)(C)C)cc(c1O)S2.O=C(O)C(=O)O. The molecule has 0 radical (unpaired) electrons. The Hall–Kier alpha value is -3.47. The van der Waals surface area contributed by atoms with Gasteiger partial charge < -0.3 is 39.3 Å². The number of carboxylic acids is 2. The lowest BCUT2D eigenvalue weighted by atomic mass is 9.87. The minimum Gasteiger partial charge on any atom is -0.506 e. The van der Waals surface area contributed by atoms with Crippen molar-refractivity contribution < 1.29 is 53.5 Å². The highest BCUT2D eigenvalue weighted by molar-refractivity contribution is 8.01. The quantitative estimate of drug-likeness (QED) is 0.0439. The Morgan fingerprint density at radius 1 is 0.500 bits per heavy atom. The van der Waals surface area contributed by atoms with Gasteiger partial charge in [0.25, 0.3) is 0 Å². The van der Waals surface area contributed by atoms with Crippen molar-refractivity contribution in [3.63, 3.8) is 0 Å². The van der Waals surface area contributed by atoms with E-state index in [4.69, 9.17) is 33.6 Å². The van der Waals surface area contributed by atoms with E-state index < -0.39 is 24.8 Å². The van der Waals surface area contributed by atoms with Gasteiger partial charge in [0.05, 0.1) is 52.4 Å². The molecule has 0 saturated heterocycles. The molecule has 8 bridgehead atoms. The maximum absolute atomic E-state index is 13.8. The first-order chi connectivity index (χ1) is 31.1. The van der Waals surface area contributed by atoms with Crippen LogP contribution in [-0.4, -0.2) is 69.1 Å². The molecule has 0 amide bonds. The molecule has 1 heterocycles. The van der Waals surface area contributed by atoms with E-state index in [0.717, 1.165) is 32.0 Å². The van der Waals surface area contributed by atoms with Gasteiger partial charge >= 0.3 is 19.5 Å². The van der Waals surface area contributed by atoms with E-state index in [2.05, 4.69) is 101 Å². The fourth-order valence-corrected chi connectivity index (χ4v) is 12.8. The molecule has 4 aromatic carbocycles. The third-order valence-electron chi connectivity index (χ3n) is 10.9. The number of aliphatic carboxylic acids is 2. The Morgan fingerprint density at radius 3 is 0.985 bits per heavy atom. The third kappa shape index (κ3) is 14.1. The molecule has 0 spiro atoms. The van der Waals surface area contributed by atoms with Gasteiger partial charge in [-0.15, -0.1) is 0 Å². The zero-order chi connectivity index (χ0) is 51.5. The van der Waals surface area contributed by atoms with Gasteiger partial charge in [0.1, 0.15) is 34.9 Å². The molecule has 17 heteroatoms. The molecule has 0 aliphatic carbocycles. The highest BCUT2D eigenvalue weighted by atomic mass is 32.2. The average molecular weight is 1030 g/mol. The highest BCUT2D eigenvalue weighted by Gasteiger charge is 2.43. The standard InChI is InChI=1S/C49H68NO7PS4.C2H2O4/c1-17-56-58(54,57-18-2)49(15,16)50-19-20-55-44-39-27-32(48(12,13)14)28-40(44)62-38-26-31(47(9,10)11)24-36(43(38)53)60-34-22-29(45(3,4)5)21-33(41(34)51)59-35-23-30(46(6,7)8)25-37(61-39)42(35)52;3-1(4)2(5)6/h21-28,50-53H,17-20H2,1-16H3;(H,3,4)(H,5,6). The van der Waals surface area contributed by atoms with Crippen molar-refractivity contribution in [2.24, 2.45) is 0 Å². The van der Waals surface area contributed by atoms with Crippen molar-refractivity contribution in [3.8, 4) is 23.0 Å². The fraction of sp³-hybridized carbons (Fsp3) is 0.490. The van der Waals surface area contributed by atoms with Gasteiger partial charge in [-0.1, -0.05) is 130 Å². The van der Waals surface area contributed by atoms with E-state index in [1.807, 2.05) is 50.2 Å². The van der Waals surface area contributed by atoms with Crippen molar-refractivity contribution >= 4 is 66.6 Å². The van der Waals surface area contributed by atoms with Crippen molar-refractivity contribution in [2.75, 3.05) is 26.4 Å². The Labute approximate surface area is 420 Å². The number of phenols is 3. The lowest BCUT2D eigenvalue weighted by Gasteiger charge is -2.33. The summed E-state index contributed by atoms with van der Waals surface area (Å²) in [6.07, 6.45) is 0. The number of hydrogen-bond donors (Lipinski definition) is 6. The van der Waals surface area contributed by atoms with Gasteiger partial charge in [0.2, 0.25) is 0 Å². The van der Waals surface area contributed by atoms with Gasteiger partial charge in [0, 0.05) is 6.54 Å². The van der Waals surface area contributed by atoms with Crippen molar-refractivity contribution in [3.05, 3.63) is 70.8 Å². The fourth-order valence-electron chi connectivity index (χ4n) is 6.60. The van der Waals surface area contributed by atoms with E-state index in [0.29, 0.717) is 41.7 Å². The Bertz CT molecular complexity index is 2410. The van der Waals surface area contributed by atoms with Crippen LogP contribution in [0.25, 0.3) is 0 Å². The summed E-state index contributed by atoms with van der Waals surface area (Å²) < 4.78 is 32.1. The number of hydrogen-bond acceptors (Lipinski definition) is 14. The van der Waals surface area contributed by atoms with E-state index in [1.165, 1.54) is 47.0 Å². The molecule has 6 N–H and O–H groups in total. The first-order valence-corrected chi connectivity index (χ1v) is 27.2. The molecule has 0 atom stereocenters. The van der Waals surface area contributed by atoms with Crippen LogP contribution in [0.15, 0.2) is 87.7 Å². The number of fused-ring (bicyclic) bond motifs is 8. The average Bonchev–Trinajstić information content (AvgIpc) is 3.19. The largest absolute Gasteiger partial charge is 0.506 e. The minimum absolute atomic E-state index is 0.0935. The molecule has 374 valence electrons. The van der Waals surface area contributed by atoms with E-state index in [1.54, 1.807) is 13.8 Å². The number of carbonyl (C=O) groups is 2. The first-order valence-electron chi connectivity index (χ1n) is 22.4. The van der Waals surface area contributed by atoms with Crippen molar-refractivity contribution in [2.45, 2.75) is 177 Å². The lowest BCUT2D eigenvalue weighted by Crippen LogP contribution is -2.42. The van der Waals surface area contributed by atoms with Gasteiger partial charge in [-0.05, 0) is 120 Å². The summed E-state index contributed by atoms with van der Waals surface area (Å²) in [5, 5.41) is 53.8. The normalized spacial score (nSPS) is 13.6. The van der Waals surface area contributed by atoms with Crippen LogP contribution in [0, 0.1) is 0 Å². The van der Waals surface area contributed by atoms with Gasteiger partial charge in [0.15, 0.2) is 0 Å². The third-order valence-corrected chi connectivity index (χ3v) is 17.8. The zero-order valence-electron chi connectivity index (χ0n) is 42.2. The summed E-state index contributed by atoms with van der Waals surface area (Å²) in [6.45, 7) is 34.1. The topological polar surface area (TPSA) is 192 Å². The molecule has 0 saturated carbocycles. The van der Waals surface area contributed by atoms with Gasteiger partial charge in [-0.3, -0.25) is 9.88 Å². The van der Waals surface area contributed by atoms with Crippen molar-refractivity contribution in [1.82, 2.24) is 5.32 Å². The summed E-state index contributed by atoms with van der Waals surface area (Å²) in [5.41, 5.74) is 3.07. The Morgan fingerprint density at radius 2 is 0.750 bits per heavy atom. The van der Waals surface area contributed by atoms with Gasteiger partial charge in [-0.25, -0.2) is 9.59 Å². The molecule has 5 rings (SSSR count). The molecule has 0 fully saturated rings. The van der Waals surface area contributed by atoms with E-state index in [9.17, 15) is 19.9 Å². The van der Waals surface area contributed by atoms with Crippen LogP contribution in [0.3, 0.4) is 0 Å². The van der Waals surface area contributed by atoms with Crippen LogP contribution in [-0.2, 0) is 44.9 Å². The zero-order valence-corrected chi connectivity index (χ0v) is 46.4. The first kappa shape index (κ1) is 57.1. The number of benzene rings is 4. The van der Waals surface area contributed by atoms with Gasteiger partial charge in [-0.2, -0.15) is 0 Å². The number of ether oxygens (including phenoxy) is 1. The molecule has 0 unspecified atom stereocenters. The summed E-state index contributed by atoms with van der Waals surface area (Å²) in [4.78, 5) is 23.5. The van der Waals surface area contributed by atoms with Crippen LogP contribution in [0.5, 0.6) is 23.0 Å². The number of nitrogens with one attached hydrogen (secondary N) is 1. The minimum atomic E-state index is -3.52. The maximum atomic E-state index is 13.8. The molecule has 0 aromatic heterocycles. The maximum Gasteiger partial charge on any atom is 0.414 e. The summed E-state index contributed by atoms with van der Waals surface area (Å²) >= 11 is 5.55. The summed E-state index contributed by atoms with van der Waals surface area (Å²) in [6, 6.07) is 16.4. The molecule has 1 aliphatic heterocycles.